The van der Waals surface area contributed by atoms with E-state index in [0.717, 1.165) is 11.8 Å². The maximum absolute atomic E-state index is 10.9. The zero-order valence-corrected chi connectivity index (χ0v) is 7.58. The molecule has 2 aliphatic rings. The van der Waals surface area contributed by atoms with Crippen molar-refractivity contribution in [3.63, 3.8) is 0 Å². The molecule has 0 radical (unpaired) electrons. The molecule has 2 rings (SSSR count). The molecule has 2 nitrogen and oxygen atoms in total. The molecule has 0 aromatic rings. The van der Waals surface area contributed by atoms with Crippen LogP contribution in [0.3, 0.4) is 0 Å². The number of cyclic esters (lactones) is 1. The van der Waals surface area contributed by atoms with E-state index >= 15 is 0 Å². The van der Waals surface area contributed by atoms with Crippen LogP contribution in [-0.4, -0.2) is 12.6 Å². The van der Waals surface area contributed by atoms with Crippen LogP contribution in [-0.2, 0) is 9.53 Å². The highest BCUT2D eigenvalue weighted by Gasteiger charge is 2.34. The van der Waals surface area contributed by atoms with Crippen molar-refractivity contribution in [2.75, 3.05) is 6.61 Å². The molecule has 1 aliphatic heterocycles. The van der Waals surface area contributed by atoms with Gasteiger partial charge in [-0.15, -0.1) is 0 Å². The standard InChI is InChI=1S/C10H16O2/c1-7-2-3-8(4-7)9-5-10(11)12-6-9/h7-9H,2-6H2,1H3. The summed E-state index contributed by atoms with van der Waals surface area (Å²) >= 11 is 0. The summed E-state index contributed by atoms with van der Waals surface area (Å²) < 4.78 is 4.97. The molecular weight excluding hydrogens is 152 g/mol. The minimum absolute atomic E-state index is 0.0135. The van der Waals surface area contributed by atoms with Gasteiger partial charge in [-0.05, 0) is 24.7 Å². The molecule has 0 N–H and O–H groups in total. The summed E-state index contributed by atoms with van der Waals surface area (Å²) in [4.78, 5) is 10.9. The van der Waals surface area contributed by atoms with Crippen molar-refractivity contribution in [1.29, 1.82) is 0 Å². The number of esters is 1. The number of ether oxygens (including phenoxy) is 1. The van der Waals surface area contributed by atoms with Crippen molar-refractivity contribution < 1.29 is 9.53 Å². The van der Waals surface area contributed by atoms with Gasteiger partial charge in [0, 0.05) is 5.92 Å². The third-order valence-electron chi connectivity index (χ3n) is 3.29. The quantitative estimate of drug-likeness (QED) is 0.560. The number of rotatable bonds is 1. The number of hydrogen-bond donors (Lipinski definition) is 0. The first kappa shape index (κ1) is 8.09. The molecule has 0 aromatic heterocycles. The second kappa shape index (κ2) is 3.08. The van der Waals surface area contributed by atoms with Crippen molar-refractivity contribution in [3.8, 4) is 0 Å². The molecule has 1 heterocycles. The smallest absolute Gasteiger partial charge is 0.306 e. The Hall–Kier alpha value is -0.530. The Labute approximate surface area is 73.3 Å². The van der Waals surface area contributed by atoms with Crippen LogP contribution in [0.5, 0.6) is 0 Å². The summed E-state index contributed by atoms with van der Waals surface area (Å²) in [6.45, 7) is 2.99. The molecule has 3 atom stereocenters. The van der Waals surface area contributed by atoms with Gasteiger partial charge >= 0.3 is 5.97 Å². The Morgan fingerprint density at radius 1 is 1.33 bits per heavy atom. The fourth-order valence-corrected chi connectivity index (χ4v) is 2.51. The third-order valence-corrected chi connectivity index (χ3v) is 3.29. The van der Waals surface area contributed by atoms with Crippen molar-refractivity contribution >= 4 is 5.97 Å². The summed E-state index contributed by atoms with van der Waals surface area (Å²) in [5, 5.41) is 0. The molecule has 68 valence electrons. The van der Waals surface area contributed by atoms with Crippen molar-refractivity contribution in [1.82, 2.24) is 0 Å². The van der Waals surface area contributed by atoms with Crippen LogP contribution in [0.15, 0.2) is 0 Å². The lowest BCUT2D eigenvalue weighted by Gasteiger charge is -2.14. The lowest BCUT2D eigenvalue weighted by Crippen LogP contribution is -2.11. The van der Waals surface area contributed by atoms with Gasteiger partial charge in [0.2, 0.25) is 0 Å². The highest BCUT2D eigenvalue weighted by atomic mass is 16.5. The van der Waals surface area contributed by atoms with Gasteiger partial charge in [0.05, 0.1) is 13.0 Å². The van der Waals surface area contributed by atoms with Gasteiger partial charge < -0.3 is 4.74 Å². The SMILES string of the molecule is CC1CCC(C2COC(=O)C2)C1. The van der Waals surface area contributed by atoms with E-state index in [1.54, 1.807) is 0 Å². The van der Waals surface area contributed by atoms with Gasteiger partial charge in [-0.3, -0.25) is 4.79 Å². The molecule has 1 aliphatic carbocycles. The Morgan fingerprint density at radius 3 is 2.67 bits per heavy atom. The Balaban J connectivity index is 1.89. The molecule has 2 heteroatoms. The Kier molecular flexibility index (Phi) is 2.07. The summed E-state index contributed by atoms with van der Waals surface area (Å²) in [7, 11) is 0. The van der Waals surface area contributed by atoms with Crippen molar-refractivity contribution in [3.05, 3.63) is 0 Å². The topological polar surface area (TPSA) is 26.3 Å². The lowest BCUT2D eigenvalue weighted by molar-refractivity contribution is -0.137. The zero-order valence-electron chi connectivity index (χ0n) is 7.58. The first-order chi connectivity index (χ1) is 5.75. The van der Waals surface area contributed by atoms with Gasteiger partial charge in [0.15, 0.2) is 0 Å². The minimum Gasteiger partial charge on any atom is -0.465 e. The van der Waals surface area contributed by atoms with Crippen LogP contribution in [0.25, 0.3) is 0 Å². The number of carbonyl (C=O) groups is 1. The molecule has 0 amide bonds. The van der Waals surface area contributed by atoms with Gasteiger partial charge in [-0.25, -0.2) is 0 Å². The van der Waals surface area contributed by atoms with E-state index in [4.69, 9.17) is 4.74 Å². The predicted molar refractivity (Wildman–Crippen MR) is 45.6 cm³/mol. The molecular formula is C10H16O2. The Morgan fingerprint density at radius 2 is 2.17 bits per heavy atom. The summed E-state index contributed by atoms with van der Waals surface area (Å²) in [5.41, 5.74) is 0. The maximum atomic E-state index is 10.9. The highest BCUT2D eigenvalue weighted by molar-refractivity contribution is 5.71. The second-order valence-corrected chi connectivity index (χ2v) is 4.33. The van der Waals surface area contributed by atoms with Crippen LogP contribution in [0, 0.1) is 17.8 Å². The van der Waals surface area contributed by atoms with E-state index in [1.165, 1.54) is 19.3 Å². The molecule has 0 bridgehead atoms. The summed E-state index contributed by atoms with van der Waals surface area (Å²) in [6, 6.07) is 0. The van der Waals surface area contributed by atoms with E-state index in [0.29, 0.717) is 18.9 Å². The second-order valence-electron chi connectivity index (χ2n) is 4.33. The van der Waals surface area contributed by atoms with E-state index in [9.17, 15) is 4.79 Å². The number of hydrogen-bond acceptors (Lipinski definition) is 2. The van der Waals surface area contributed by atoms with Crippen molar-refractivity contribution in [2.24, 2.45) is 17.8 Å². The van der Waals surface area contributed by atoms with Gasteiger partial charge in [-0.1, -0.05) is 13.3 Å². The van der Waals surface area contributed by atoms with E-state index in [1.807, 2.05) is 0 Å². The van der Waals surface area contributed by atoms with Gasteiger partial charge in [0.1, 0.15) is 0 Å². The van der Waals surface area contributed by atoms with Crippen LogP contribution in [0.4, 0.5) is 0 Å². The summed E-state index contributed by atoms with van der Waals surface area (Å²) in [6.07, 6.45) is 4.64. The molecule has 0 spiro atoms. The monoisotopic (exact) mass is 168 g/mol. The van der Waals surface area contributed by atoms with Gasteiger partial charge in [-0.2, -0.15) is 0 Å². The van der Waals surface area contributed by atoms with Crippen LogP contribution >= 0.6 is 0 Å². The molecule has 2 fully saturated rings. The molecule has 12 heavy (non-hydrogen) atoms. The Bertz CT molecular complexity index is 188. The molecule has 0 aromatic carbocycles. The minimum atomic E-state index is 0.0135. The van der Waals surface area contributed by atoms with E-state index < -0.39 is 0 Å². The lowest BCUT2D eigenvalue weighted by atomic mass is 9.89. The highest BCUT2D eigenvalue weighted by Crippen LogP contribution is 2.38. The largest absolute Gasteiger partial charge is 0.465 e. The van der Waals surface area contributed by atoms with Crippen molar-refractivity contribution in [2.45, 2.75) is 32.6 Å². The van der Waals surface area contributed by atoms with E-state index in [2.05, 4.69) is 6.92 Å². The van der Waals surface area contributed by atoms with Gasteiger partial charge in [0.25, 0.3) is 0 Å². The first-order valence-corrected chi connectivity index (χ1v) is 4.91. The molecule has 1 saturated carbocycles. The average Bonchev–Trinajstić information content (AvgIpc) is 2.58. The normalized spacial score (nSPS) is 41.8. The summed E-state index contributed by atoms with van der Waals surface area (Å²) in [5.74, 6) is 2.19. The fourth-order valence-electron chi connectivity index (χ4n) is 2.51. The van der Waals surface area contributed by atoms with Crippen LogP contribution in [0.2, 0.25) is 0 Å². The fraction of sp³-hybridized carbons (Fsp3) is 0.900. The molecule has 1 saturated heterocycles. The predicted octanol–water partition coefficient (Wildman–Crippen LogP) is 1.99. The number of carbonyl (C=O) groups excluding carboxylic acids is 1. The van der Waals surface area contributed by atoms with Crippen LogP contribution in [0.1, 0.15) is 32.6 Å². The first-order valence-electron chi connectivity index (χ1n) is 4.91. The average molecular weight is 168 g/mol. The molecule has 3 unspecified atom stereocenters. The maximum Gasteiger partial charge on any atom is 0.306 e. The van der Waals surface area contributed by atoms with E-state index in [-0.39, 0.29) is 5.97 Å². The zero-order chi connectivity index (χ0) is 8.55. The van der Waals surface area contributed by atoms with Crippen LogP contribution < -0.4 is 0 Å². The third kappa shape index (κ3) is 1.47.